The molecule has 0 spiro atoms. The Kier molecular flexibility index (Phi) is 3.43. The summed E-state index contributed by atoms with van der Waals surface area (Å²) >= 11 is 0. The van der Waals surface area contributed by atoms with Gasteiger partial charge < -0.3 is 0 Å². The minimum Gasteiger partial charge on any atom is -0.0842 e. The van der Waals surface area contributed by atoms with Crippen LogP contribution in [-0.4, -0.2) is 0 Å². The van der Waals surface area contributed by atoms with Crippen molar-refractivity contribution in [2.45, 2.75) is 38.5 Å². The SMILES string of the molecule is C1=CCCC(C2=CC3=C(C=CCC3)C3C=CC4=C(C=CCC4)C23)=C1. The van der Waals surface area contributed by atoms with Crippen molar-refractivity contribution in [3.63, 3.8) is 0 Å². The lowest BCUT2D eigenvalue weighted by atomic mass is 9.63. The van der Waals surface area contributed by atoms with Crippen LogP contribution in [0.1, 0.15) is 38.5 Å². The van der Waals surface area contributed by atoms with Gasteiger partial charge in [-0.25, -0.2) is 0 Å². The zero-order valence-corrected chi connectivity index (χ0v) is 14.2. The summed E-state index contributed by atoms with van der Waals surface area (Å²) in [5.41, 5.74) is 9.47. The average Bonchev–Trinajstić information content (AvgIpc) is 2.67. The predicted molar refractivity (Wildman–Crippen MR) is 101 cm³/mol. The van der Waals surface area contributed by atoms with E-state index in [0.717, 1.165) is 0 Å². The molecule has 0 saturated heterocycles. The lowest BCUT2D eigenvalue weighted by Crippen LogP contribution is -2.28. The monoisotopic (exact) mass is 312 g/mol. The fourth-order valence-electron chi connectivity index (χ4n) is 4.95. The van der Waals surface area contributed by atoms with Crippen LogP contribution in [0.25, 0.3) is 0 Å². The van der Waals surface area contributed by atoms with E-state index in [9.17, 15) is 0 Å². The molecular weight excluding hydrogens is 288 g/mol. The molecule has 0 radical (unpaired) electrons. The Morgan fingerprint density at radius 3 is 2.38 bits per heavy atom. The smallest absolute Gasteiger partial charge is 0.0198 e. The van der Waals surface area contributed by atoms with Crippen LogP contribution in [0.3, 0.4) is 0 Å². The summed E-state index contributed by atoms with van der Waals surface area (Å²) in [6.45, 7) is 0. The van der Waals surface area contributed by atoms with Gasteiger partial charge in [0.05, 0.1) is 0 Å². The second-order valence-corrected chi connectivity index (χ2v) is 7.46. The Balaban J connectivity index is 1.68. The van der Waals surface area contributed by atoms with Gasteiger partial charge >= 0.3 is 0 Å². The molecule has 0 aliphatic heterocycles. The average molecular weight is 312 g/mol. The summed E-state index contributed by atoms with van der Waals surface area (Å²) in [7, 11) is 0. The van der Waals surface area contributed by atoms with Crippen LogP contribution in [0, 0.1) is 11.8 Å². The highest BCUT2D eigenvalue weighted by Crippen LogP contribution is 2.50. The van der Waals surface area contributed by atoms with Gasteiger partial charge in [-0.05, 0) is 72.0 Å². The molecule has 0 fully saturated rings. The molecule has 2 atom stereocenters. The third kappa shape index (κ3) is 2.20. The van der Waals surface area contributed by atoms with Crippen LogP contribution in [0.5, 0.6) is 0 Å². The van der Waals surface area contributed by atoms with Crippen molar-refractivity contribution in [3.05, 3.63) is 94.2 Å². The van der Waals surface area contributed by atoms with Gasteiger partial charge in [0.15, 0.2) is 0 Å². The number of fused-ring (bicyclic) bond motifs is 3. The highest BCUT2D eigenvalue weighted by molar-refractivity contribution is 5.60. The van der Waals surface area contributed by atoms with E-state index in [1.54, 1.807) is 33.4 Å². The van der Waals surface area contributed by atoms with Crippen molar-refractivity contribution in [2.75, 3.05) is 0 Å². The van der Waals surface area contributed by atoms with Crippen molar-refractivity contribution in [1.29, 1.82) is 0 Å². The zero-order valence-electron chi connectivity index (χ0n) is 14.2. The standard InChI is InChI=1S/C24H24/c1-2-8-17(9-3-1)23-16-19-11-5-6-12-20(19)22-15-14-18-10-4-7-13-21(18)24(22)23/h1-2,6-8,12-16,22,24H,3-5,9-11H2. The fourth-order valence-corrected chi connectivity index (χ4v) is 4.95. The molecule has 0 aromatic heterocycles. The molecule has 0 heterocycles. The second-order valence-electron chi connectivity index (χ2n) is 7.46. The van der Waals surface area contributed by atoms with Crippen molar-refractivity contribution < 1.29 is 0 Å². The molecule has 2 unspecified atom stereocenters. The second kappa shape index (κ2) is 5.77. The Morgan fingerprint density at radius 2 is 1.54 bits per heavy atom. The summed E-state index contributed by atoms with van der Waals surface area (Å²) < 4.78 is 0. The molecule has 0 amide bonds. The molecule has 5 rings (SSSR count). The number of hydrogen-bond acceptors (Lipinski definition) is 0. The van der Waals surface area contributed by atoms with E-state index in [0.29, 0.717) is 11.8 Å². The van der Waals surface area contributed by atoms with E-state index in [1.165, 1.54) is 38.5 Å². The van der Waals surface area contributed by atoms with E-state index in [4.69, 9.17) is 0 Å². The summed E-state index contributed by atoms with van der Waals surface area (Å²) in [5, 5.41) is 0. The van der Waals surface area contributed by atoms with Gasteiger partial charge in [0.1, 0.15) is 0 Å². The van der Waals surface area contributed by atoms with E-state index in [-0.39, 0.29) is 0 Å². The van der Waals surface area contributed by atoms with Crippen LogP contribution in [-0.2, 0) is 0 Å². The summed E-state index contributed by atoms with van der Waals surface area (Å²) in [6, 6.07) is 0. The quantitative estimate of drug-likeness (QED) is 0.533. The zero-order chi connectivity index (χ0) is 15.9. The lowest BCUT2D eigenvalue weighted by molar-refractivity contribution is 0.558. The molecule has 0 nitrogen and oxygen atoms in total. The molecule has 5 aliphatic rings. The highest BCUT2D eigenvalue weighted by Gasteiger charge is 2.37. The molecule has 0 N–H and O–H groups in total. The maximum atomic E-state index is 2.55. The Labute approximate surface area is 145 Å². The first-order chi connectivity index (χ1) is 11.9. The van der Waals surface area contributed by atoms with Crippen LogP contribution < -0.4 is 0 Å². The number of allylic oxidation sites excluding steroid dienone is 16. The minimum atomic E-state index is 0.529. The Bertz CT molecular complexity index is 808. The van der Waals surface area contributed by atoms with Gasteiger partial charge in [-0.3, -0.25) is 0 Å². The fraction of sp³-hybridized carbons (Fsp3) is 0.333. The van der Waals surface area contributed by atoms with Crippen LogP contribution in [0.15, 0.2) is 94.2 Å². The number of hydrogen-bond donors (Lipinski definition) is 0. The molecule has 0 saturated carbocycles. The highest BCUT2D eigenvalue weighted by atomic mass is 14.4. The number of rotatable bonds is 1. The van der Waals surface area contributed by atoms with E-state index in [1.807, 2.05) is 0 Å². The molecule has 120 valence electrons. The molecule has 5 aliphatic carbocycles. The third-order valence-corrected chi connectivity index (χ3v) is 6.10. The molecule has 0 heteroatoms. The van der Waals surface area contributed by atoms with E-state index in [2.05, 4.69) is 60.8 Å². The summed E-state index contributed by atoms with van der Waals surface area (Å²) in [6.07, 6.45) is 31.1. The largest absolute Gasteiger partial charge is 0.0842 e. The molecule has 0 aromatic rings. The van der Waals surface area contributed by atoms with Crippen molar-refractivity contribution in [2.24, 2.45) is 11.8 Å². The lowest BCUT2D eigenvalue weighted by Gasteiger charge is -2.40. The van der Waals surface area contributed by atoms with Gasteiger partial charge in [0.2, 0.25) is 0 Å². The summed E-state index contributed by atoms with van der Waals surface area (Å²) in [4.78, 5) is 0. The normalized spacial score (nSPS) is 30.7. The molecule has 0 aromatic carbocycles. The maximum absolute atomic E-state index is 2.55. The van der Waals surface area contributed by atoms with Crippen LogP contribution in [0.4, 0.5) is 0 Å². The van der Waals surface area contributed by atoms with Gasteiger partial charge in [-0.1, -0.05) is 60.8 Å². The first kappa shape index (κ1) is 14.3. The van der Waals surface area contributed by atoms with Gasteiger partial charge in [-0.15, -0.1) is 0 Å². The third-order valence-electron chi connectivity index (χ3n) is 6.10. The molecule has 0 bridgehead atoms. The van der Waals surface area contributed by atoms with Gasteiger partial charge in [0, 0.05) is 11.8 Å². The predicted octanol–water partition coefficient (Wildman–Crippen LogP) is 6.30. The van der Waals surface area contributed by atoms with Crippen molar-refractivity contribution >= 4 is 0 Å². The van der Waals surface area contributed by atoms with Gasteiger partial charge in [-0.2, -0.15) is 0 Å². The topological polar surface area (TPSA) is 0 Å². The van der Waals surface area contributed by atoms with Crippen LogP contribution >= 0.6 is 0 Å². The molecule has 24 heavy (non-hydrogen) atoms. The Hall–Kier alpha value is -2.08. The summed E-state index contributed by atoms with van der Waals surface area (Å²) in [5.74, 6) is 1.06. The van der Waals surface area contributed by atoms with Crippen LogP contribution in [0.2, 0.25) is 0 Å². The van der Waals surface area contributed by atoms with Crippen molar-refractivity contribution in [1.82, 2.24) is 0 Å². The van der Waals surface area contributed by atoms with E-state index < -0.39 is 0 Å². The maximum Gasteiger partial charge on any atom is 0.0198 e. The van der Waals surface area contributed by atoms with Crippen molar-refractivity contribution in [3.8, 4) is 0 Å². The Morgan fingerprint density at radius 1 is 0.750 bits per heavy atom. The first-order valence-corrected chi connectivity index (χ1v) is 9.47. The molecular formula is C24H24. The van der Waals surface area contributed by atoms with E-state index >= 15 is 0 Å². The van der Waals surface area contributed by atoms with Gasteiger partial charge in [0.25, 0.3) is 0 Å². The minimum absolute atomic E-state index is 0.529. The first-order valence-electron chi connectivity index (χ1n) is 9.47.